The number of aromatic nitrogens is 16. The Morgan fingerprint density at radius 3 is 1.15 bits per heavy atom. The number of nitrogen functional groups attached to an aromatic ring is 1. The summed E-state index contributed by atoms with van der Waals surface area (Å²) in [6, 6.07) is 75.0. The van der Waals surface area contributed by atoms with Crippen molar-refractivity contribution in [2.45, 2.75) is 33.4 Å². The van der Waals surface area contributed by atoms with E-state index in [2.05, 4.69) is 56.8 Å². The van der Waals surface area contributed by atoms with E-state index in [-0.39, 0.29) is 54.3 Å². The van der Waals surface area contributed by atoms with Gasteiger partial charge in [0.05, 0.1) is 123 Å². The number of allylic oxidation sites excluding steroid dienone is 4. The molecule has 33 heteroatoms. The first kappa shape index (κ1) is 96.4. The molecule has 24 nitrogen and oxygen atoms in total. The molecule has 24 aromatic rings. The number of ketones is 1. The van der Waals surface area contributed by atoms with Crippen LogP contribution in [0.25, 0.3) is 182 Å². The first-order valence-corrected chi connectivity index (χ1v) is 47.3. The van der Waals surface area contributed by atoms with Crippen LogP contribution in [0.2, 0.25) is 15.1 Å². The number of halogens is 9. The number of anilines is 1. The first-order chi connectivity index (χ1) is 71.9. The van der Waals surface area contributed by atoms with Gasteiger partial charge in [-0.3, -0.25) is 81.3 Å². The number of nitrogens with zero attached hydrogens (tertiary/aromatic N) is 14. The number of nitrogens with one attached hydrogen (secondary N) is 2. The monoisotopic (exact) mass is 2040 g/mol. The predicted octanol–water partition coefficient (Wildman–Crippen LogP) is 24.5. The molecule has 0 aliphatic heterocycles. The number of carbonyl (C=O) groups excluding carboxylic acids is 1. The molecule has 0 bridgehead atoms. The molecular weight excluding hydrogens is 1960 g/mol. The second kappa shape index (κ2) is 39.7. The van der Waals surface area contributed by atoms with Gasteiger partial charge in [-0.25, -0.2) is 28.1 Å². The lowest BCUT2D eigenvalue weighted by Crippen LogP contribution is -2.18. The molecule has 728 valence electrons. The molecule has 10 aromatic carbocycles. The fraction of sp³-hybridized carbons (Fsp3) is 0.0431. The summed E-state index contributed by atoms with van der Waals surface area (Å²) in [7, 11) is 0. The average molecular weight is 2040 g/mol. The van der Waals surface area contributed by atoms with Crippen molar-refractivity contribution < 1.29 is 31.1 Å². The number of alkyl halides is 3. The van der Waals surface area contributed by atoms with Crippen molar-refractivity contribution in [3.63, 3.8) is 0 Å². The van der Waals surface area contributed by atoms with E-state index in [1.54, 1.807) is 127 Å². The molecule has 1 aliphatic rings. The van der Waals surface area contributed by atoms with Gasteiger partial charge in [-0.05, 0) is 266 Å². The molecule has 0 fully saturated rings. The number of hydrogen-bond acceptors (Lipinski definition) is 16. The van der Waals surface area contributed by atoms with E-state index in [0.29, 0.717) is 67.7 Å². The van der Waals surface area contributed by atoms with Crippen LogP contribution in [0.3, 0.4) is 0 Å². The Labute approximate surface area is 852 Å². The number of carbonyl (C=O) groups is 1. The van der Waals surface area contributed by atoms with Crippen LogP contribution in [-0.2, 0) is 11.0 Å². The summed E-state index contributed by atoms with van der Waals surface area (Å²) in [4.78, 5) is 128. The molecule has 1 aliphatic carbocycles. The van der Waals surface area contributed by atoms with E-state index in [0.717, 1.165) is 150 Å². The summed E-state index contributed by atoms with van der Waals surface area (Å²) in [5, 5.41) is 7.59. The Kier molecular flexibility index (Phi) is 25.7. The van der Waals surface area contributed by atoms with Gasteiger partial charge in [-0.15, -0.1) is 0 Å². The van der Waals surface area contributed by atoms with Gasteiger partial charge in [0.1, 0.15) is 23.3 Å². The second-order valence-corrected chi connectivity index (χ2v) is 36.3. The molecule has 4 N–H and O–H groups in total. The molecule has 0 atom stereocenters. The molecule has 0 amide bonds. The molecule has 14 heterocycles. The SMILES string of the molecule is Cc1ccc(-n2c(=O)ccc3cnc4ccc(-c5ccc(=O)[nH]c5)cc4c32)cc1C.Cc1cn(-c2ccc3ncc4ccc(=O)n(-c5ccc(F)c(Cl)c5)c4c3c2)cn1.Nc1ccc(-c2ccc3ncc4ccc(=O)n(-c5cccc(C(F)(F)F)c5)c4c3c2)cn1.O=C1C=CC(c2ccc3ncc4ccc(=O)n(-c5ccc(F)c(Cl)c5)c4c3c2)=CC1.O=c1ccc2cnc3ccc(-c4cnc[nH]4)cc3c2n1-c1ccc(F)c(Cl)c1. The van der Waals surface area contributed by atoms with Gasteiger partial charge in [0, 0.05) is 174 Å². The van der Waals surface area contributed by atoms with Gasteiger partial charge in [0.15, 0.2) is 5.78 Å². The topological polar surface area (TPSA) is 310 Å². The third-order valence-electron chi connectivity index (χ3n) is 25.6. The van der Waals surface area contributed by atoms with Crippen molar-refractivity contribution in [2.24, 2.45) is 0 Å². The molecule has 14 aromatic heterocycles. The van der Waals surface area contributed by atoms with Crippen molar-refractivity contribution in [1.29, 1.82) is 0 Å². The molecule has 0 unspecified atom stereocenters. The number of hydrogen-bond donors (Lipinski definition) is 3. The maximum atomic E-state index is 13.7. The smallest absolute Gasteiger partial charge is 0.384 e. The van der Waals surface area contributed by atoms with Crippen LogP contribution in [0.4, 0.5) is 32.2 Å². The number of rotatable bonds is 10. The van der Waals surface area contributed by atoms with Gasteiger partial charge in [-0.2, -0.15) is 13.2 Å². The van der Waals surface area contributed by atoms with Crippen LogP contribution in [-0.4, -0.2) is 83.0 Å². The number of fused-ring (bicyclic) bond motifs is 15. The summed E-state index contributed by atoms with van der Waals surface area (Å²) in [6.07, 6.45) is 19.9. The molecule has 0 spiro atoms. The Balaban J connectivity index is 0.000000109. The minimum absolute atomic E-state index is 0.0423. The average Bonchev–Trinajstić information content (AvgIpc) is 1.40. The first-order valence-electron chi connectivity index (χ1n) is 46.1. The lowest BCUT2D eigenvalue weighted by Gasteiger charge is -2.15. The van der Waals surface area contributed by atoms with Crippen molar-refractivity contribution in [2.75, 3.05) is 5.73 Å². The second-order valence-electron chi connectivity index (χ2n) is 35.1. The van der Waals surface area contributed by atoms with Gasteiger partial charge >= 0.3 is 6.18 Å². The zero-order valence-corrected chi connectivity index (χ0v) is 80.6. The number of aromatic amines is 2. The quantitative estimate of drug-likeness (QED) is 0.0846. The zero-order valence-electron chi connectivity index (χ0n) is 78.4. The molecule has 0 radical (unpaired) electrons. The van der Waals surface area contributed by atoms with E-state index in [9.17, 15) is 59.9 Å². The number of H-pyrrole nitrogens is 2. The number of aryl methyl sites for hydroxylation is 3. The van der Waals surface area contributed by atoms with E-state index >= 15 is 0 Å². The third-order valence-corrected chi connectivity index (χ3v) is 26.5. The van der Waals surface area contributed by atoms with Crippen molar-refractivity contribution in [3.05, 3.63) is 482 Å². The van der Waals surface area contributed by atoms with E-state index in [1.165, 1.54) is 121 Å². The number of pyridine rings is 12. The van der Waals surface area contributed by atoms with E-state index < -0.39 is 34.8 Å². The summed E-state index contributed by atoms with van der Waals surface area (Å²) in [6.45, 7) is 6.02. The maximum Gasteiger partial charge on any atom is 0.416 e. The largest absolute Gasteiger partial charge is 0.416 e. The predicted molar refractivity (Wildman–Crippen MR) is 573 cm³/mol. The normalized spacial score (nSPS) is 11.9. The highest BCUT2D eigenvalue weighted by molar-refractivity contribution is 6.31. The van der Waals surface area contributed by atoms with E-state index in [4.69, 9.17) is 40.5 Å². The fourth-order valence-corrected chi connectivity index (χ4v) is 18.7. The molecule has 0 saturated heterocycles. The van der Waals surface area contributed by atoms with E-state index in [1.807, 2.05) is 146 Å². The summed E-state index contributed by atoms with van der Waals surface area (Å²) in [5.41, 5.74) is 24.0. The van der Waals surface area contributed by atoms with Crippen molar-refractivity contribution >= 4 is 161 Å². The van der Waals surface area contributed by atoms with Crippen LogP contribution in [0.1, 0.15) is 34.4 Å². The van der Waals surface area contributed by atoms with Gasteiger partial charge in [-0.1, -0.05) is 83.4 Å². The van der Waals surface area contributed by atoms with Gasteiger partial charge in [0.25, 0.3) is 27.8 Å². The fourth-order valence-electron chi connectivity index (χ4n) is 18.1. The lowest BCUT2D eigenvalue weighted by molar-refractivity contribution is -0.137. The number of imidazole rings is 2. The third kappa shape index (κ3) is 19.2. The van der Waals surface area contributed by atoms with Crippen molar-refractivity contribution in [3.8, 4) is 67.6 Å². The molecule has 25 rings (SSSR count). The zero-order chi connectivity index (χ0) is 103. The highest BCUT2D eigenvalue weighted by atomic mass is 35.5. The van der Waals surface area contributed by atoms with Crippen molar-refractivity contribution in [1.82, 2.24) is 77.2 Å². The number of nitrogens with two attached hydrogens (primary N) is 1. The Morgan fingerprint density at radius 2 is 0.752 bits per heavy atom. The van der Waals surface area contributed by atoms with Gasteiger partial charge in [0.2, 0.25) is 5.56 Å². The highest BCUT2D eigenvalue weighted by Crippen LogP contribution is 2.39. The summed E-state index contributed by atoms with van der Waals surface area (Å²) in [5.74, 6) is -1.17. The maximum absolute atomic E-state index is 13.7. The lowest BCUT2D eigenvalue weighted by atomic mass is 9.97. The molecule has 0 saturated carbocycles. The van der Waals surface area contributed by atoms with Crippen LogP contribution in [0.15, 0.2) is 388 Å². The van der Waals surface area contributed by atoms with Crippen LogP contribution >= 0.6 is 34.8 Å². The number of benzene rings is 10. The minimum atomic E-state index is -4.52. The summed E-state index contributed by atoms with van der Waals surface area (Å²) < 4.78 is 90.5. The Morgan fingerprint density at radius 1 is 0.349 bits per heavy atom. The highest BCUT2D eigenvalue weighted by Gasteiger charge is 2.31. The van der Waals surface area contributed by atoms with Crippen LogP contribution in [0, 0.1) is 38.2 Å². The van der Waals surface area contributed by atoms with Crippen LogP contribution < -0.4 is 39.1 Å². The van der Waals surface area contributed by atoms with Gasteiger partial charge < -0.3 is 20.3 Å². The Hall–Kier alpha value is -18.8. The molecule has 149 heavy (non-hydrogen) atoms. The standard InChI is InChI=1S/C25H19N3O2.C24H14ClFN2O2.C24H15F3N4O.C22H14ClFN4O.C21H12ClFN4O/c1-15-3-7-20(11-16(15)2)28-24(30)10-6-19-14-26-22-8-4-17(12-21(22)25(19)28)18-5-9-23(29)27-13-18;25-20-12-17(5-8-21(20)26)28-23(30)10-4-16-13-27-22-9-3-15(11-19(22)24(16)28)14-1-6-18(29)7-2-14;25-24(26,27)17-2-1-3-18(11-17)31-22(32)9-6-16-13-29-20-7-4-14(10-19(20)23(16)31)15-5-8-21(28)30-12-15;1-13-11-27(12-26-13)15-4-6-20-17(8-15)22-14(10-25-20)2-7-21(29)28(22)16-3-5-19(24)18(23)9-16;22-16-8-14(3-4-17(16)23)27-20(28)6-2-13-9-25-18-5-1-12(7-15(18)21(13)27)19-10-24-11-26-19/h3-14H,1-2H3,(H,27,29);1-6,8-13H,7H2;1-13H,(H2,28,30);2-12H,1H3;1-11H,(H,24,26). The minimum Gasteiger partial charge on any atom is -0.384 e. The summed E-state index contributed by atoms with van der Waals surface area (Å²) >= 11 is 17.9. The van der Waals surface area contributed by atoms with Crippen LogP contribution in [0.5, 0.6) is 0 Å². The molecular formula is C116H74Cl3F6N17O7. The Bertz CT molecular complexity index is 10100.